The van der Waals surface area contributed by atoms with Crippen molar-refractivity contribution >= 4 is 28.0 Å². The molecular weight excluding hydrogens is 314 g/mol. The minimum Gasteiger partial charge on any atom is -0.469 e. The van der Waals surface area contributed by atoms with Crippen LogP contribution >= 0.6 is 15.9 Å². The molecule has 1 aromatic carbocycles. The number of alkyl halides is 1. The Bertz CT molecular complexity index is 410. The Morgan fingerprint density at radius 2 is 2.00 bits per heavy atom. The van der Waals surface area contributed by atoms with Crippen molar-refractivity contribution in [2.45, 2.75) is 24.4 Å². The van der Waals surface area contributed by atoms with E-state index in [9.17, 15) is 9.59 Å². The van der Waals surface area contributed by atoms with E-state index in [0.717, 1.165) is 5.56 Å². The van der Waals surface area contributed by atoms with Crippen LogP contribution < -0.4 is 5.32 Å². The van der Waals surface area contributed by atoms with Crippen LogP contribution in [0.1, 0.15) is 18.4 Å². The molecule has 1 rings (SSSR count). The number of benzene rings is 1. The molecule has 0 aliphatic carbocycles. The maximum Gasteiger partial charge on any atom is 0.408 e. The van der Waals surface area contributed by atoms with Gasteiger partial charge in [0, 0.05) is 6.42 Å². The van der Waals surface area contributed by atoms with Crippen molar-refractivity contribution in [3.8, 4) is 0 Å². The molecule has 0 aromatic heterocycles. The van der Waals surface area contributed by atoms with E-state index < -0.39 is 6.09 Å². The predicted octanol–water partition coefficient (Wildman–Crippen LogP) is 2.59. The fourth-order valence-electron chi connectivity index (χ4n) is 1.31. The summed E-state index contributed by atoms with van der Waals surface area (Å²) in [5, 5.41) is 2.58. The molecule has 6 heteroatoms. The quantitative estimate of drug-likeness (QED) is 0.495. The Kier molecular flexibility index (Phi) is 6.95. The van der Waals surface area contributed by atoms with Crippen molar-refractivity contribution in [2.24, 2.45) is 0 Å². The lowest BCUT2D eigenvalue weighted by molar-refractivity contribution is -0.140. The minimum atomic E-state index is -0.532. The van der Waals surface area contributed by atoms with Gasteiger partial charge in [0.2, 0.25) is 0 Å². The molecule has 1 unspecified atom stereocenters. The van der Waals surface area contributed by atoms with E-state index in [2.05, 4.69) is 26.0 Å². The van der Waals surface area contributed by atoms with E-state index in [0.29, 0.717) is 6.42 Å². The number of amides is 1. The zero-order valence-electron chi connectivity index (χ0n) is 10.6. The standard InChI is InChI=1S/C13H16BrNO4/c1-18-12(16)8-7-11(14)15-13(17)19-9-10-5-3-2-4-6-10/h2-6,11H,7-9H2,1H3,(H,15,17). The number of rotatable bonds is 6. The largest absolute Gasteiger partial charge is 0.469 e. The Morgan fingerprint density at radius 3 is 2.63 bits per heavy atom. The highest BCUT2D eigenvalue weighted by atomic mass is 79.9. The summed E-state index contributed by atoms with van der Waals surface area (Å²) < 4.78 is 9.54. The van der Waals surface area contributed by atoms with Gasteiger partial charge in [-0.15, -0.1) is 0 Å². The van der Waals surface area contributed by atoms with Crippen molar-refractivity contribution in [3.05, 3.63) is 35.9 Å². The summed E-state index contributed by atoms with van der Waals surface area (Å²) in [4.78, 5) is 22.1. The Hall–Kier alpha value is -1.56. The van der Waals surface area contributed by atoms with Crippen molar-refractivity contribution in [3.63, 3.8) is 0 Å². The number of hydrogen-bond donors (Lipinski definition) is 1. The van der Waals surface area contributed by atoms with Gasteiger partial charge in [0.1, 0.15) is 6.61 Å². The van der Waals surface area contributed by atoms with E-state index in [4.69, 9.17) is 4.74 Å². The third-order valence-corrected chi connectivity index (χ3v) is 3.00. The lowest BCUT2D eigenvalue weighted by atomic mass is 10.2. The maximum absolute atomic E-state index is 11.5. The predicted molar refractivity (Wildman–Crippen MR) is 73.7 cm³/mol. The normalized spacial score (nSPS) is 11.5. The second-order valence-electron chi connectivity index (χ2n) is 3.79. The molecule has 0 spiro atoms. The highest BCUT2D eigenvalue weighted by Crippen LogP contribution is 2.07. The van der Waals surface area contributed by atoms with Crippen LogP contribution in [0.2, 0.25) is 0 Å². The molecule has 0 aliphatic heterocycles. The number of methoxy groups -OCH3 is 1. The van der Waals surface area contributed by atoms with Crippen LogP contribution in [0.5, 0.6) is 0 Å². The summed E-state index contributed by atoms with van der Waals surface area (Å²) in [5.41, 5.74) is 0.915. The van der Waals surface area contributed by atoms with Gasteiger partial charge in [-0.05, 0) is 12.0 Å². The van der Waals surface area contributed by atoms with E-state index in [1.165, 1.54) is 7.11 Å². The number of nitrogens with one attached hydrogen (secondary N) is 1. The first-order valence-electron chi connectivity index (χ1n) is 5.80. The van der Waals surface area contributed by atoms with Gasteiger partial charge in [-0.3, -0.25) is 4.79 Å². The molecule has 5 nitrogen and oxygen atoms in total. The summed E-state index contributed by atoms with van der Waals surface area (Å²) in [6.07, 6.45) is 0.133. The average Bonchev–Trinajstić information content (AvgIpc) is 2.43. The minimum absolute atomic E-state index is 0.212. The number of ether oxygens (including phenoxy) is 2. The van der Waals surface area contributed by atoms with E-state index in [-0.39, 0.29) is 23.9 Å². The van der Waals surface area contributed by atoms with Gasteiger partial charge >= 0.3 is 12.1 Å². The lowest BCUT2D eigenvalue weighted by Gasteiger charge is -2.12. The van der Waals surface area contributed by atoms with Crippen LogP contribution in [0.4, 0.5) is 4.79 Å². The zero-order chi connectivity index (χ0) is 14.1. The molecule has 104 valence electrons. The third-order valence-electron chi connectivity index (χ3n) is 2.32. The van der Waals surface area contributed by atoms with E-state index in [1.807, 2.05) is 30.3 Å². The second kappa shape index (κ2) is 8.53. The van der Waals surface area contributed by atoms with Crippen LogP contribution in [0, 0.1) is 0 Å². The van der Waals surface area contributed by atoms with E-state index in [1.54, 1.807) is 0 Å². The van der Waals surface area contributed by atoms with Crippen molar-refractivity contribution in [2.75, 3.05) is 7.11 Å². The van der Waals surface area contributed by atoms with Gasteiger partial charge in [0.25, 0.3) is 0 Å². The van der Waals surface area contributed by atoms with Crippen molar-refractivity contribution in [1.82, 2.24) is 5.32 Å². The summed E-state index contributed by atoms with van der Waals surface area (Å²) in [5.74, 6) is -0.316. The molecule has 1 N–H and O–H groups in total. The molecule has 0 radical (unpaired) electrons. The molecule has 0 fully saturated rings. The molecule has 0 aliphatic rings. The fraction of sp³-hybridized carbons (Fsp3) is 0.385. The smallest absolute Gasteiger partial charge is 0.408 e. The van der Waals surface area contributed by atoms with Gasteiger partial charge in [-0.25, -0.2) is 4.79 Å². The zero-order valence-corrected chi connectivity index (χ0v) is 12.2. The SMILES string of the molecule is COC(=O)CCC(Br)NC(=O)OCc1ccccc1. The van der Waals surface area contributed by atoms with Crippen LogP contribution in [-0.2, 0) is 20.9 Å². The number of carbonyl (C=O) groups is 2. The molecule has 0 saturated heterocycles. The molecule has 1 amide bonds. The maximum atomic E-state index is 11.5. The Balaban J connectivity index is 2.21. The van der Waals surface area contributed by atoms with E-state index >= 15 is 0 Å². The molecule has 1 atom stereocenters. The van der Waals surface area contributed by atoms with Crippen LogP contribution in [0.3, 0.4) is 0 Å². The van der Waals surface area contributed by atoms with Gasteiger partial charge in [0.05, 0.1) is 12.1 Å². The average molecular weight is 330 g/mol. The highest BCUT2D eigenvalue weighted by molar-refractivity contribution is 9.09. The first kappa shape index (κ1) is 15.5. The summed E-state index contributed by atoms with van der Waals surface area (Å²) in [7, 11) is 1.33. The molecule has 0 heterocycles. The topological polar surface area (TPSA) is 64.6 Å². The number of carbonyl (C=O) groups excluding carboxylic acids is 2. The van der Waals surface area contributed by atoms with Crippen LogP contribution in [0.25, 0.3) is 0 Å². The van der Waals surface area contributed by atoms with Gasteiger partial charge in [-0.1, -0.05) is 46.3 Å². The fourth-order valence-corrected chi connectivity index (χ4v) is 1.73. The number of hydrogen-bond acceptors (Lipinski definition) is 4. The molecule has 1 aromatic rings. The van der Waals surface area contributed by atoms with Crippen molar-refractivity contribution in [1.29, 1.82) is 0 Å². The summed E-state index contributed by atoms with van der Waals surface area (Å²) in [6.45, 7) is 0.212. The Labute approximate surface area is 120 Å². The third kappa shape index (κ3) is 6.81. The number of halogens is 1. The van der Waals surface area contributed by atoms with Crippen LogP contribution in [0.15, 0.2) is 30.3 Å². The molecular formula is C13H16BrNO4. The molecule has 0 bridgehead atoms. The highest BCUT2D eigenvalue weighted by Gasteiger charge is 2.12. The molecule has 19 heavy (non-hydrogen) atoms. The second-order valence-corrected chi connectivity index (χ2v) is 4.89. The number of esters is 1. The summed E-state index contributed by atoms with van der Waals surface area (Å²) >= 11 is 3.24. The van der Waals surface area contributed by atoms with Gasteiger partial charge < -0.3 is 14.8 Å². The Morgan fingerprint density at radius 1 is 1.32 bits per heavy atom. The number of alkyl carbamates (subject to hydrolysis) is 1. The van der Waals surface area contributed by atoms with Gasteiger partial charge in [0.15, 0.2) is 0 Å². The summed E-state index contributed by atoms with van der Waals surface area (Å²) in [6, 6.07) is 9.39. The lowest BCUT2D eigenvalue weighted by Crippen LogP contribution is -2.31. The first-order valence-corrected chi connectivity index (χ1v) is 6.71. The first-order chi connectivity index (χ1) is 9.11. The monoisotopic (exact) mass is 329 g/mol. The van der Waals surface area contributed by atoms with Gasteiger partial charge in [-0.2, -0.15) is 0 Å². The van der Waals surface area contributed by atoms with Crippen LogP contribution in [-0.4, -0.2) is 24.1 Å². The van der Waals surface area contributed by atoms with Crippen molar-refractivity contribution < 1.29 is 19.1 Å². The molecule has 0 saturated carbocycles.